The van der Waals surface area contributed by atoms with E-state index in [9.17, 15) is 9.59 Å². The van der Waals surface area contributed by atoms with E-state index >= 15 is 0 Å². The second-order valence-electron chi connectivity index (χ2n) is 3.74. The number of hydrogen-bond donors (Lipinski definition) is 1. The number of methoxy groups -OCH3 is 1. The van der Waals surface area contributed by atoms with Crippen molar-refractivity contribution in [2.45, 2.75) is 20.8 Å². The Hall–Kier alpha value is -1.43. The molecular formula is C12H17NO4S. The monoisotopic (exact) mass is 271 g/mol. The summed E-state index contributed by atoms with van der Waals surface area (Å²) in [7, 11) is 1.33. The molecule has 1 N–H and O–H groups in total. The van der Waals surface area contributed by atoms with Gasteiger partial charge in [0.1, 0.15) is 5.70 Å². The lowest BCUT2D eigenvalue weighted by atomic mass is 10.2. The van der Waals surface area contributed by atoms with Crippen LogP contribution in [0.5, 0.6) is 0 Å². The Morgan fingerprint density at radius 2 is 2.11 bits per heavy atom. The van der Waals surface area contributed by atoms with Gasteiger partial charge in [-0.1, -0.05) is 0 Å². The van der Waals surface area contributed by atoms with Crippen molar-refractivity contribution in [3.05, 3.63) is 21.9 Å². The van der Waals surface area contributed by atoms with E-state index < -0.39 is 11.9 Å². The van der Waals surface area contributed by atoms with Crippen molar-refractivity contribution < 1.29 is 19.1 Å². The highest BCUT2D eigenvalue weighted by Crippen LogP contribution is 2.28. The van der Waals surface area contributed by atoms with Gasteiger partial charge >= 0.3 is 11.9 Å². The number of thioether (sulfide) groups is 1. The number of carbonyl (C=O) groups excluding carboxylic acids is 2. The van der Waals surface area contributed by atoms with E-state index in [1.54, 1.807) is 13.8 Å². The Morgan fingerprint density at radius 3 is 2.67 bits per heavy atom. The first-order chi connectivity index (χ1) is 8.51. The Balaban J connectivity index is 2.95. The van der Waals surface area contributed by atoms with Gasteiger partial charge in [-0.05, 0) is 26.3 Å². The zero-order valence-electron chi connectivity index (χ0n) is 11.0. The minimum Gasteiger partial charge on any atom is -0.466 e. The van der Waals surface area contributed by atoms with Crippen molar-refractivity contribution in [3.63, 3.8) is 0 Å². The van der Waals surface area contributed by atoms with Gasteiger partial charge in [0, 0.05) is 5.75 Å². The van der Waals surface area contributed by atoms with Crippen molar-refractivity contribution in [1.82, 2.24) is 5.32 Å². The van der Waals surface area contributed by atoms with E-state index in [1.807, 2.05) is 6.92 Å². The van der Waals surface area contributed by atoms with E-state index in [0.29, 0.717) is 28.7 Å². The zero-order chi connectivity index (χ0) is 13.7. The lowest BCUT2D eigenvalue weighted by molar-refractivity contribution is -0.139. The van der Waals surface area contributed by atoms with Crippen LogP contribution in [0, 0.1) is 0 Å². The van der Waals surface area contributed by atoms with Crippen LogP contribution in [0.2, 0.25) is 0 Å². The highest BCUT2D eigenvalue weighted by Gasteiger charge is 2.23. The maximum absolute atomic E-state index is 11.7. The summed E-state index contributed by atoms with van der Waals surface area (Å²) in [6.45, 7) is 5.59. The third-order valence-corrected chi connectivity index (χ3v) is 3.68. The lowest BCUT2D eigenvalue weighted by Gasteiger charge is -2.22. The first-order valence-corrected chi connectivity index (χ1v) is 6.55. The minimum absolute atomic E-state index is 0.319. The van der Waals surface area contributed by atoms with Crippen LogP contribution in [0.3, 0.4) is 0 Å². The molecule has 0 fully saturated rings. The minimum atomic E-state index is -0.409. The summed E-state index contributed by atoms with van der Waals surface area (Å²) < 4.78 is 9.61. The molecule has 0 aromatic carbocycles. The van der Waals surface area contributed by atoms with Crippen LogP contribution in [0.15, 0.2) is 21.9 Å². The van der Waals surface area contributed by atoms with E-state index in [0.717, 1.165) is 5.57 Å². The molecule has 0 spiro atoms. The third kappa shape index (κ3) is 3.29. The van der Waals surface area contributed by atoms with Gasteiger partial charge in [0.05, 0.1) is 24.3 Å². The smallest absolute Gasteiger partial charge is 0.354 e. The molecule has 0 saturated carbocycles. The molecule has 0 aromatic heterocycles. The Kier molecular flexibility index (Phi) is 5.27. The van der Waals surface area contributed by atoms with Crippen LogP contribution < -0.4 is 5.32 Å². The van der Waals surface area contributed by atoms with Crippen molar-refractivity contribution in [1.29, 1.82) is 0 Å². The fourth-order valence-electron chi connectivity index (χ4n) is 1.39. The summed E-state index contributed by atoms with van der Waals surface area (Å²) in [6.07, 6.45) is 0. The van der Waals surface area contributed by atoms with Crippen LogP contribution in [0.25, 0.3) is 0 Å². The molecule has 0 atom stereocenters. The molecule has 0 saturated heterocycles. The Labute approximate surface area is 111 Å². The van der Waals surface area contributed by atoms with Gasteiger partial charge in [-0.25, -0.2) is 9.59 Å². The molecule has 1 rings (SSSR count). The standard InChI is InChI=1S/C12H17NO4S/c1-5-17-12(15)9-7(2)6-18-10(13-9)8(3)11(14)16-4/h13H,5-6H2,1-4H3/b10-8+. The SMILES string of the molecule is CCOC(=O)C1=C(C)CS/C(=C(\C)C(=O)OC)N1. The maximum Gasteiger partial charge on any atom is 0.354 e. The van der Waals surface area contributed by atoms with Gasteiger partial charge < -0.3 is 14.8 Å². The number of nitrogens with one attached hydrogen (secondary N) is 1. The molecule has 1 aliphatic rings. The topological polar surface area (TPSA) is 64.6 Å². The van der Waals surface area contributed by atoms with Crippen LogP contribution in [0.4, 0.5) is 0 Å². The maximum atomic E-state index is 11.7. The van der Waals surface area contributed by atoms with Gasteiger partial charge in [0.15, 0.2) is 0 Å². The fraction of sp³-hybridized carbons (Fsp3) is 0.500. The van der Waals surface area contributed by atoms with Crippen LogP contribution in [-0.4, -0.2) is 31.4 Å². The Morgan fingerprint density at radius 1 is 1.44 bits per heavy atom. The molecule has 100 valence electrons. The number of rotatable bonds is 3. The van der Waals surface area contributed by atoms with Crippen LogP contribution >= 0.6 is 11.8 Å². The number of ether oxygens (including phenoxy) is 2. The number of hydrogen-bond acceptors (Lipinski definition) is 6. The van der Waals surface area contributed by atoms with Crippen molar-refractivity contribution in [3.8, 4) is 0 Å². The summed E-state index contributed by atoms with van der Waals surface area (Å²) in [6, 6.07) is 0. The molecule has 0 radical (unpaired) electrons. The van der Waals surface area contributed by atoms with Gasteiger partial charge in [0.25, 0.3) is 0 Å². The normalized spacial score (nSPS) is 18.0. The molecule has 0 bridgehead atoms. The summed E-state index contributed by atoms with van der Waals surface area (Å²) >= 11 is 1.46. The molecule has 6 heteroatoms. The lowest BCUT2D eigenvalue weighted by Crippen LogP contribution is -2.28. The van der Waals surface area contributed by atoms with Crippen molar-refractivity contribution >= 4 is 23.7 Å². The largest absolute Gasteiger partial charge is 0.466 e. The fourth-order valence-corrected chi connectivity index (χ4v) is 2.36. The molecule has 1 aliphatic heterocycles. The molecule has 1 heterocycles. The molecule has 0 amide bonds. The summed E-state index contributed by atoms with van der Waals surface area (Å²) in [5.41, 5.74) is 1.77. The molecular weight excluding hydrogens is 254 g/mol. The second-order valence-corrected chi connectivity index (χ2v) is 4.72. The number of carbonyl (C=O) groups is 2. The summed E-state index contributed by atoms with van der Waals surface area (Å²) in [5, 5.41) is 3.58. The average Bonchev–Trinajstić information content (AvgIpc) is 2.37. The summed E-state index contributed by atoms with van der Waals surface area (Å²) in [5.74, 6) is -0.164. The first-order valence-electron chi connectivity index (χ1n) is 5.57. The number of esters is 2. The van der Waals surface area contributed by atoms with E-state index in [2.05, 4.69) is 10.1 Å². The summed E-state index contributed by atoms with van der Waals surface area (Å²) in [4.78, 5) is 23.2. The molecule has 0 aliphatic carbocycles. The quantitative estimate of drug-likeness (QED) is 0.621. The first kappa shape index (κ1) is 14.6. The van der Waals surface area contributed by atoms with Crippen molar-refractivity contribution in [2.75, 3.05) is 19.5 Å². The van der Waals surface area contributed by atoms with Gasteiger partial charge in [0.2, 0.25) is 0 Å². The second kappa shape index (κ2) is 6.49. The van der Waals surface area contributed by atoms with E-state index in [1.165, 1.54) is 18.9 Å². The van der Waals surface area contributed by atoms with E-state index in [4.69, 9.17) is 4.74 Å². The van der Waals surface area contributed by atoms with Gasteiger partial charge in [-0.2, -0.15) is 0 Å². The predicted molar refractivity (Wildman–Crippen MR) is 69.6 cm³/mol. The van der Waals surface area contributed by atoms with Crippen LogP contribution in [0.1, 0.15) is 20.8 Å². The Bertz CT molecular complexity index is 426. The molecule has 18 heavy (non-hydrogen) atoms. The van der Waals surface area contributed by atoms with Crippen LogP contribution in [-0.2, 0) is 19.1 Å². The van der Waals surface area contributed by atoms with Gasteiger partial charge in [-0.3, -0.25) is 0 Å². The zero-order valence-corrected chi connectivity index (χ0v) is 11.8. The average molecular weight is 271 g/mol. The highest BCUT2D eigenvalue weighted by atomic mass is 32.2. The molecule has 5 nitrogen and oxygen atoms in total. The van der Waals surface area contributed by atoms with Crippen molar-refractivity contribution in [2.24, 2.45) is 0 Å². The molecule has 0 aromatic rings. The molecule has 0 unspecified atom stereocenters. The van der Waals surface area contributed by atoms with Gasteiger partial charge in [-0.15, -0.1) is 11.8 Å². The third-order valence-electron chi connectivity index (χ3n) is 2.41. The predicted octanol–water partition coefficient (Wildman–Crippen LogP) is 1.56. The van der Waals surface area contributed by atoms with E-state index in [-0.39, 0.29) is 0 Å². The highest BCUT2D eigenvalue weighted by molar-refractivity contribution is 8.03.